The van der Waals surface area contributed by atoms with Crippen molar-refractivity contribution in [2.45, 2.75) is 45.2 Å². The van der Waals surface area contributed by atoms with Gasteiger partial charge in [0.1, 0.15) is 6.04 Å². The van der Waals surface area contributed by atoms with Crippen LogP contribution in [0.4, 0.5) is 0 Å². The van der Waals surface area contributed by atoms with Crippen molar-refractivity contribution in [2.24, 2.45) is 5.41 Å². The van der Waals surface area contributed by atoms with Crippen LogP contribution in [0.5, 0.6) is 0 Å². The number of carboxylic acids is 1. The van der Waals surface area contributed by atoms with Crippen molar-refractivity contribution in [3.8, 4) is 0 Å². The van der Waals surface area contributed by atoms with E-state index in [1.165, 1.54) is 12.8 Å². The quantitative estimate of drug-likeness (QED) is 0.702. The van der Waals surface area contributed by atoms with Crippen molar-refractivity contribution >= 4 is 5.97 Å². The standard InChI is InChI=1S/C10H17NO2/c1-7(2)11-6-10(3-4-10)5-8(11)9(12)13/h7-8H,3-6H2,1-2H3,(H,12,13). The molecule has 1 aliphatic heterocycles. The van der Waals surface area contributed by atoms with E-state index in [0.717, 1.165) is 13.0 Å². The van der Waals surface area contributed by atoms with Crippen LogP contribution in [0.15, 0.2) is 0 Å². The number of hydrogen-bond donors (Lipinski definition) is 1. The molecule has 1 aliphatic carbocycles. The molecule has 0 aromatic heterocycles. The predicted molar refractivity (Wildman–Crippen MR) is 49.5 cm³/mol. The van der Waals surface area contributed by atoms with Crippen LogP contribution in [0.3, 0.4) is 0 Å². The van der Waals surface area contributed by atoms with Gasteiger partial charge in [0.25, 0.3) is 0 Å². The Bertz CT molecular complexity index is 233. The molecule has 0 amide bonds. The third-order valence-electron chi connectivity index (χ3n) is 3.45. The minimum atomic E-state index is -0.641. The zero-order chi connectivity index (χ0) is 9.64. The Kier molecular flexibility index (Phi) is 1.88. The molecule has 0 aromatic carbocycles. The summed E-state index contributed by atoms with van der Waals surface area (Å²) in [5, 5.41) is 9.05. The lowest BCUT2D eigenvalue weighted by Gasteiger charge is -2.25. The van der Waals surface area contributed by atoms with Crippen molar-refractivity contribution in [1.29, 1.82) is 0 Å². The number of likely N-dealkylation sites (tertiary alicyclic amines) is 1. The molecule has 0 bridgehead atoms. The van der Waals surface area contributed by atoms with Crippen LogP contribution in [0.25, 0.3) is 0 Å². The Hall–Kier alpha value is -0.570. The van der Waals surface area contributed by atoms with Crippen LogP contribution in [0.1, 0.15) is 33.1 Å². The van der Waals surface area contributed by atoms with Gasteiger partial charge in [-0.15, -0.1) is 0 Å². The van der Waals surface area contributed by atoms with Crippen molar-refractivity contribution in [2.75, 3.05) is 6.54 Å². The molecule has 1 saturated heterocycles. The molecule has 1 heterocycles. The molecule has 3 heteroatoms. The summed E-state index contributed by atoms with van der Waals surface area (Å²) in [5.41, 5.74) is 0.396. The third-order valence-corrected chi connectivity index (χ3v) is 3.45. The summed E-state index contributed by atoms with van der Waals surface area (Å²) in [6.45, 7) is 5.16. The fraction of sp³-hybridized carbons (Fsp3) is 0.900. The Morgan fingerprint density at radius 2 is 2.15 bits per heavy atom. The van der Waals surface area contributed by atoms with Crippen LogP contribution in [-0.2, 0) is 4.79 Å². The fourth-order valence-electron chi connectivity index (χ4n) is 2.40. The molecular formula is C10H17NO2. The molecule has 2 rings (SSSR count). The molecule has 0 aromatic rings. The molecule has 13 heavy (non-hydrogen) atoms. The van der Waals surface area contributed by atoms with Crippen molar-refractivity contribution in [1.82, 2.24) is 4.90 Å². The Labute approximate surface area is 78.7 Å². The molecule has 3 nitrogen and oxygen atoms in total. The number of nitrogens with zero attached hydrogens (tertiary/aromatic N) is 1. The van der Waals surface area contributed by atoms with E-state index < -0.39 is 5.97 Å². The summed E-state index contributed by atoms with van der Waals surface area (Å²) in [4.78, 5) is 13.1. The summed E-state index contributed by atoms with van der Waals surface area (Å²) in [6.07, 6.45) is 3.35. The van der Waals surface area contributed by atoms with E-state index in [1.807, 2.05) is 0 Å². The van der Waals surface area contributed by atoms with Gasteiger partial charge in [-0.1, -0.05) is 0 Å². The summed E-state index contributed by atoms with van der Waals surface area (Å²) in [5.74, 6) is -0.641. The predicted octanol–water partition coefficient (Wildman–Crippen LogP) is 1.33. The molecule has 1 atom stereocenters. The van der Waals surface area contributed by atoms with Gasteiger partial charge in [-0.25, -0.2) is 0 Å². The molecular weight excluding hydrogens is 166 g/mol. The molecule has 1 N–H and O–H groups in total. The minimum absolute atomic E-state index is 0.220. The molecule has 1 saturated carbocycles. The summed E-state index contributed by atoms with van der Waals surface area (Å²) in [7, 11) is 0. The maximum Gasteiger partial charge on any atom is 0.320 e. The van der Waals surface area contributed by atoms with Gasteiger partial charge in [0.05, 0.1) is 0 Å². The lowest BCUT2D eigenvalue weighted by atomic mass is 10.0. The average Bonchev–Trinajstić information content (AvgIpc) is 2.60. The Morgan fingerprint density at radius 3 is 2.46 bits per heavy atom. The largest absolute Gasteiger partial charge is 0.480 e. The van der Waals surface area contributed by atoms with Gasteiger partial charge in [0.15, 0.2) is 0 Å². The first-order valence-corrected chi connectivity index (χ1v) is 5.03. The zero-order valence-electron chi connectivity index (χ0n) is 8.29. The highest BCUT2D eigenvalue weighted by Gasteiger charge is 2.54. The topological polar surface area (TPSA) is 40.5 Å². The van der Waals surface area contributed by atoms with Gasteiger partial charge >= 0.3 is 5.97 Å². The normalized spacial score (nSPS) is 31.5. The molecule has 1 unspecified atom stereocenters. The molecule has 74 valence electrons. The summed E-state index contributed by atoms with van der Waals surface area (Å²) in [6, 6.07) is 0.142. The number of rotatable bonds is 2. The minimum Gasteiger partial charge on any atom is -0.480 e. The molecule has 1 spiro atoms. The van der Waals surface area contributed by atoms with E-state index >= 15 is 0 Å². The second-order valence-corrected chi connectivity index (χ2v) is 4.82. The highest BCUT2D eigenvalue weighted by atomic mass is 16.4. The van der Waals surface area contributed by atoms with E-state index in [9.17, 15) is 4.79 Å². The van der Waals surface area contributed by atoms with Crippen LogP contribution >= 0.6 is 0 Å². The fourth-order valence-corrected chi connectivity index (χ4v) is 2.40. The number of carboxylic acid groups (broad SMARTS) is 1. The lowest BCUT2D eigenvalue weighted by molar-refractivity contribution is -0.142. The van der Waals surface area contributed by atoms with E-state index in [-0.39, 0.29) is 6.04 Å². The molecule has 0 radical (unpaired) electrons. The van der Waals surface area contributed by atoms with E-state index in [2.05, 4.69) is 18.7 Å². The highest BCUT2D eigenvalue weighted by molar-refractivity contribution is 5.74. The van der Waals surface area contributed by atoms with Gasteiger partial charge in [-0.2, -0.15) is 0 Å². The maximum absolute atomic E-state index is 11.0. The Morgan fingerprint density at radius 1 is 1.54 bits per heavy atom. The molecule has 2 fully saturated rings. The van der Waals surface area contributed by atoms with Gasteiger partial charge < -0.3 is 5.11 Å². The van der Waals surface area contributed by atoms with E-state index in [4.69, 9.17) is 5.11 Å². The second-order valence-electron chi connectivity index (χ2n) is 4.82. The first-order valence-electron chi connectivity index (χ1n) is 5.03. The maximum atomic E-state index is 11.0. The van der Waals surface area contributed by atoms with Gasteiger partial charge in [-0.3, -0.25) is 9.69 Å². The summed E-state index contributed by atoms with van der Waals surface area (Å²) >= 11 is 0. The van der Waals surface area contributed by atoms with E-state index in [1.54, 1.807) is 0 Å². The van der Waals surface area contributed by atoms with Crippen molar-refractivity contribution in [3.05, 3.63) is 0 Å². The van der Waals surface area contributed by atoms with Gasteiger partial charge in [-0.05, 0) is 38.5 Å². The van der Waals surface area contributed by atoms with Crippen molar-refractivity contribution in [3.63, 3.8) is 0 Å². The average molecular weight is 183 g/mol. The lowest BCUT2D eigenvalue weighted by Crippen LogP contribution is -2.40. The van der Waals surface area contributed by atoms with Crippen molar-refractivity contribution < 1.29 is 9.90 Å². The van der Waals surface area contributed by atoms with Gasteiger partial charge in [0, 0.05) is 12.6 Å². The SMILES string of the molecule is CC(C)N1CC2(CC2)CC1C(=O)O. The summed E-state index contributed by atoms with van der Waals surface area (Å²) < 4.78 is 0. The number of aliphatic carboxylic acids is 1. The zero-order valence-corrected chi connectivity index (χ0v) is 8.29. The number of hydrogen-bond acceptors (Lipinski definition) is 2. The third kappa shape index (κ3) is 1.46. The van der Waals surface area contributed by atoms with Gasteiger partial charge in [0.2, 0.25) is 0 Å². The smallest absolute Gasteiger partial charge is 0.320 e. The van der Waals surface area contributed by atoms with Crippen LogP contribution < -0.4 is 0 Å². The molecule has 2 aliphatic rings. The first kappa shape index (κ1) is 9.00. The van der Waals surface area contributed by atoms with Crippen LogP contribution in [-0.4, -0.2) is 34.6 Å². The van der Waals surface area contributed by atoms with Crippen LogP contribution in [0, 0.1) is 5.41 Å². The second kappa shape index (κ2) is 2.71. The first-order chi connectivity index (χ1) is 6.04. The number of carbonyl (C=O) groups is 1. The Balaban J connectivity index is 2.11. The van der Waals surface area contributed by atoms with E-state index in [0.29, 0.717) is 11.5 Å². The highest BCUT2D eigenvalue weighted by Crippen LogP contribution is 2.55. The van der Waals surface area contributed by atoms with Crippen LogP contribution in [0.2, 0.25) is 0 Å². The monoisotopic (exact) mass is 183 g/mol.